The fraction of sp³-hybridized carbons (Fsp3) is 0.522. The van der Waals surface area contributed by atoms with E-state index in [4.69, 9.17) is 9.15 Å². The van der Waals surface area contributed by atoms with E-state index in [-0.39, 0.29) is 12.1 Å². The van der Waals surface area contributed by atoms with Crippen LogP contribution in [0.15, 0.2) is 45.3 Å². The van der Waals surface area contributed by atoms with Crippen LogP contribution in [-0.4, -0.2) is 63.4 Å². The lowest BCUT2D eigenvalue weighted by molar-refractivity contribution is 0.0121. The summed E-state index contributed by atoms with van der Waals surface area (Å²) < 4.78 is 12.4. The van der Waals surface area contributed by atoms with Gasteiger partial charge in [-0.25, -0.2) is 4.79 Å². The molecule has 2 amide bonds. The van der Waals surface area contributed by atoms with Gasteiger partial charge in [0.1, 0.15) is 11.5 Å². The quantitative estimate of drug-likeness (QED) is 0.620. The van der Waals surface area contributed by atoms with Crippen LogP contribution in [0.1, 0.15) is 24.0 Å². The first kappa shape index (κ1) is 22.2. The third-order valence-corrected chi connectivity index (χ3v) is 6.54. The summed E-state index contributed by atoms with van der Waals surface area (Å²) >= 11 is 3.54. The lowest BCUT2D eigenvalue weighted by Crippen LogP contribution is -2.46. The Balaban J connectivity index is 1.25. The van der Waals surface area contributed by atoms with Crippen molar-refractivity contribution in [2.24, 2.45) is 5.92 Å². The Morgan fingerprint density at radius 3 is 2.77 bits per heavy atom. The van der Waals surface area contributed by atoms with Gasteiger partial charge in [-0.2, -0.15) is 0 Å². The van der Waals surface area contributed by atoms with Gasteiger partial charge in [0.2, 0.25) is 0 Å². The molecule has 2 fully saturated rings. The molecule has 0 aliphatic carbocycles. The molecular formula is C23H31BrN4O3. The van der Waals surface area contributed by atoms with E-state index in [1.807, 2.05) is 25.1 Å². The van der Waals surface area contributed by atoms with Crippen LogP contribution in [0.25, 0.3) is 0 Å². The molecule has 0 bridgehead atoms. The van der Waals surface area contributed by atoms with Crippen molar-refractivity contribution in [1.82, 2.24) is 15.5 Å². The van der Waals surface area contributed by atoms with Crippen LogP contribution in [-0.2, 0) is 4.74 Å². The normalized spacial score (nSPS) is 20.6. The Labute approximate surface area is 192 Å². The van der Waals surface area contributed by atoms with Crippen LogP contribution < -0.4 is 15.5 Å². The van der Waals surface area contributed by atoms with Crippen molar-refractivity contribution in [2.45, 2.75) is 19.4 Å². The number of halogens is 1. The van der Waals surface area contributed by atoms with Gasteiger partial charge in [-0.1, -0.05) is 22.0 Å². The zero-order chi connectivity index (χ0) is 21.6. The average Bonchev–Trinajstić information content (AvgIpc) is 3.42. The Kier molecular flexibility index (Phi) is 7.53. The Morgan fingerprint density at radius 1 is 1.19 bits per heavy atom. The molecule has 3 heterocycles. The van der Waals surface area contributed by atoms with Crippen LogP contribution in [0.2, 0.25) is 0 Å². The minimum absolute atomic E-state index is 0.0156. The van der Waals surface area contributed by atoms with Gasteiger partial charge in [-0.3, -0.25) is 4.90 Å². The first-order valence-corrected chi connectivity index (χ1v) is 11.8. The number of urea groups is 1. The van der Waals surface area contributed by atoms with E-state index in [0.29, 0.717) is 32.2 Å². The fourth-order valence-corrected chi connectivity index (χ4v) is 4.71. The van der Waals surface area contributed by atoms with Crippen molar-refractivity contribution in [3.8, 4) is 0 Å². The summed E-state index contributed by atoms with van der Waals surface area (Å²) in [5, 5.41) is 6.11. The molecule has 2 N–H and O–H groups in total. The van der Waals surface area contributed by atoms with Crippen LogP contribution in [0.5, 0.6) is 0 Å². The molecule has 2 atom stereocenters. The molecule has 31 heavy (non-hydrogen) atoms. The number of nitrogens with zero attached hydrogens (tertiary/aromatic N) is 2. The third-order valence-electron chi connectivity index (χ3n) is 6.04. The second kappa shape index (κ2) is 10.5. The van der Waals surface area contributed by atoms with E-state index >= 15 is 0 Å². The number of rotatable bonds is 7. The van der Waals surface area contributed by atoms with E-state index in [1.54, 1.807) is 0 Å². The fourth-order valence-electron chi connectivity index (χ4n) is 4.33. The molecule has 1 aromatic carbocycles. The van der Waals surface area contributed by atoms with Crippen molar-refractivity contribution in [3.63, 3.8) is 0 Å². The van der Waals surface area contributed by atoms with Crippen LogP contribution in [0.4, 0.5) is 10.5 Å². The smallest absolute Gasteiger partial charge is 0.314 e. The molecule has 8 heteroatoms. The summed E-state index contributed by atoms with van der Waals surface area (Å²) in [4.78, 5) is 17.2. The van der Waals surface area contributed by atoms with E-state index in [9.17, 15) is 4.79 Å². The molecule has 0 radical (unpaired) electrons. The lowest BCUT2D eigenvalue weighted by atomic mass is 10.1. The topological polar surface area (TPSA) is 70.0 Å². The van der Waals surface area contributed by atoms with Crippen molar-refractivity contribution in [1.29, 1.82) is 0 Å². The number of aryl methyl sites for hydroxylation is 1. The van der Waals surface area contributed by atoms with E-state index in [2.05, 4.69) is 54.6 Å². The number of furan rings is 1. The maximum atomic E-state index is 12.5. The lowest BCUT2D eigenvalue weighted by Gasteiger charge is -2.33. The molecule has 1 aromatic heterocycles. The minimum Gasteiger partial charge on any atom is -0.465 e. The summed E-state index contributed by atoms with van der Waals surface area (Å²) in [5.41, 5.74) is 1.23. The Morgan fingerprint density at radius 2 is 2.03 bits per heavy atom. The number of anilines is 1. The monoisotopic (exact) mass is 490 g/mol. The number of hydrogen-bond donors (Lipinski definition) is 2. The third kappa shape index (κ3) is 6.02. The van der Waals surface area contributed by atoms with Gasteiger partial charge in [0.25, 0.3) is 0 Å². The van der Waals surface area contributed by atoms with Gasteiger partial charge >= 0.3 is 6.03 Å². The molecule has 0 spiro atoms. The minimum atomic E-state index is -0.123. The number of benzene rings is 1. The second-order valence-corrected chi connectivity index (χ2v) is 9.20. The van der Waals surface area contributed by atoms with Crippen LogP contribution in [0.3, 0.4) is 0 Å². The van der Waals surface area contributed by atoms with E-state index in [0.717, 1.165) is 48.6 Å². The number of ether oxygens (including phenoxy) is 1. The van der Waals surface area contributed by atoms with Gasteiger partial charge in [-0.15, -0.1) is 0 Å². The highest BCUT2D eigenvalue weighted by Crippen LogP contribution is 2.26. The maximum Gasteiger partial charge on any atom is 0.314 e. The molecule has 7 nitrogen and oxygen atoms in total. The maximum absolute atomic E-state index is 12.5. The van der Waals surface area contributed by atoms with Gasteiger partial charge < -0.3 is 24.7 Å². The van der Waals surface area contributed by atoms with Crippen LogP contribution >= 0.6 is 15.9 Å². The number of hydrogen-bond acceptors (Lipinski definition) is 5. The summed E-state index contributed by atoms with van der Waals surface area (Å²) in [6.07, 6.45) is 1.08. The molecule has 2 aromatic rings. The number of amides is 2. The van der Waals surface area contributed by atoms with E-state index in [1.165, 1.54) is 5.69 Å². The Hall–Kier alpha value is -2.03. The van der Waals surface area contributed by atoms with Crippen molar-refractivity contribution >= 4 is 27.6 Å². The molecule has 168 valence electrons. The first-order valence-electron chi connectivity index (χ1n) is 11.0. The van der Waals surface area contributed by atoms with Gasteiger partial charge in [-0.05, 0) is 49.6 Å². The van der Waals surface area contributed by atoms with Gasteiger partial charge in [0.15, 0.2) is 0 Å². The van der Waals surface area contributed by atoms with Crippen LogP contribution in [0, 0.1) is 12.8 Å². The van der Waals surface area contributed by atoms with Gasteiger partial charge in [0, 0.05) is 49.4 Å². The highest BCUT2D eigenvalue weighted by molar-refractivity contribution is 9.10. The molecule has 2 unspecified atom stereocenters. The summed E-state index contributed by atoms with van der Waals surface area (Å²) in [6.45, 7) is 8.19. The van der Waals surface area contributed by atoms with Crippen molar-refractivity contribution in [2.75, 3.05) is 57.4 Å². The molecule has 4 rings (SSSR count). The second-order valence-electron chi connectivity index (χ2n) is 8.28. The van der Waals surface area contributed by atoms with Gasteiger partial charge in [0.05, 0.1) is 19.3 Å². The largest absolute Gasteiger partial charge is 0.465 e. The van der Waals surface area contributed by atoms with E-state index < -0.39 is 0 Å². The highest BCUT2D eigenvalue weighted by atomic mass is 79.9. The highest BCUT2D eigenvalue weighted by Gasteiger charge is 2.26. The summed E-state index contributed by atoms with van der Waals surface area (Å²) in [5.74, 6) is 2.22. The molecule has 0 saturated carbocycles. The number of carbonyl (C=O) groups is 1. The number of carbonyl (C=O) groups excluding carboxylic acids is 1. The standard InChI is InChI=1S/C23H31BrN4O3/c1-17-5-6-22(31-17)21(27-9-11-30-12-10-27)15-26-23(29)25-14-18-7-8-28(16-18)20-4-2-3-19(24)13-20/h2-6,13,18,21H,7-12,14-16H2,1H3,(H2,25,26,29). The zero-order valence-corrected chi connectivity index (χ0v) is 19.6. The van der Waals surface area contributed by atoms with Crippen molar-refractivity contribution < 1.29 is 13.9 Å². The molecule has 2 saturated heterocycles. The first-order chi connectivity index (χ1) is 15.1. The Bertz CT molecular complexity index is 868. The SMILES string of the molecule is Cc1ccc(C(CNC(=O)NCC2CCN(c3cccc(Br)c3)C2)N2CCOCC2)o1. The summed E-state index contributed by atoms with van der Waals surface area (Å²) in [7, 11) is 0. The number of morpholine rings is 1. The number of nitrogens with one attached hydrogen (secondary N) is 2. The zero-order valence-electron chi connectivity index (χ0n) is 18.0. The predicted molar refractivity (Wildman–Crippen MR) is 124 cm³/mol. The molecule has 2 aliphatic rings. The predicted octanol–water partition coefficient (Wildman–Crippen LogP) is 3.55. The van der Waals surface area contributed by atoms with Crippen molar-refractivity contribution in [3.05, 3.63) is 52.4 Å². The summed E-state index contributed by atoms with van der Waals surface area (Å²) in [6, 6.07) is 12.2. The molecular weight excluding hydrogens is 460 g/mol. The molecule has 2 aliphatic heterocycles. The average molecular weight is 491 g/mol.